The van der Waals surface area contributed by atoms with Crippen LogP contribution in [-0.4, -0.2) is 30.6 Å². The first-order valence-electron chi connectivity index (χ1n) is 9.13. The molecule has 1 N–H and O–H groups in total. The summed E-state index contributed by atoms with van der Waals surface area (Å²) < 4.78 is 34.0. The molecule has 4 rings (SSSR count). The van der Waals surface area contributed by atoms with Crippen LogP contribution in [0.15, 0.2) is 35.1 Å². The number of carboxylic acid groups (broad SMARTS) is 1. The molecule has 166 valence electrons. The molecule has 3 heterocycles. The van der Waals surface area contributed by atoms with E-state index in [1.165, 1.54) is 22.9 Å². The normalized spacial score (nSPS) is 11.9. The molecule has 0 saturated carbocycles. The summed E-state index contributed by atoms with van der Waals surface area (Å²) in [6.07, 6.45) is 2.79. The molecule has 12 heteroatoms. The second-order valence-electron chi connectivity index (χ2n) is 7.06. The Bertz CT molecular complexity index is 1350. The summed E-state index contributed by atoms with van der Waals surface area (Å²) in [7, 11) is 0. The van der Waals surface area contributed by atoms with Gasteiger partial charge >= 0.3 is 5.97 Å². The predicted molar refractivity (Wildman–Crippen MR) is 114 cm³/mol. The molecular weight excluding hydrogens is 489 g/mol. The predicted octanol–water partition coefficient (Wildman–Crippen LogP) is 6.14. The van der Waals surface area contributed by atoms with Crippen molar-refractivity contribution < 1.29 is 23.2 Å². The van der Waals surface area contributed by atoms with Gasteiger partial charge in [-0.25, -0.2) is 13.8 Å². The van der Waals surface area contributed by atoms with E-state index in [0.29, 0.717) is 16.1 Å². The molecule has 7 nitrogen and oxygen atoms in total. The number of aromatic nitrogens is 4. The highest BCUT2D eigenvalue weighted by Gasteiger charge is 2.26. The highest BCUT2D eigenvalue weighted by atomic mass is 35.5. The van der Waals surface area contributed by atoms with Crippen molar-refractivity contribution in [2.75, 3.05) is 0 Å². The van der Waals surface area contributed by atoms with E-state index >= 15 is 0 Å². The van der Waals surface area contributed by atoms with E-state index in [9.17, 15) is 13.6 Å². The quantitative estimate of drug-likeness (QED) is 0.341. The topological polar surface area (TPSA) is 93.5 Å². The smallest absolute Gasteiger partial charge is 0.303 e. The second-order valence-corrected chi connectivity index (χ2v) is 8.28. The third-order valence-electron chi connectivity index (χ3n) is 4.64. The number of benzene rings is 1. The van der Waals surface area contributed by atoms with Crippen LogP contribution in [0.2, 0.25) is 15.1 Å². The number of pyridine rings is 1. The first kappa shape index (κ1) is 22.4. The van der Waals surface area contributed by atoms with Crippen molar-refractivity contribution in [3.63, 3.8) is 0 Å². The zero-order valence-corrected chi connectivity index (χ0v) is 18.5. The number of carbonyl (C=O) groups is 1. The lowest BCUT2D eigenvalue weighted by Crippen LogP contribution is -2.08. The van der Waals surface area contributed by atoms with E-state index in [1.54, 1.807) is 6.07 Å². The fourth-order valence-corrected chi connectivity index (χ4v) is 3.82. The van der Waals surface area contributed by atoms with E-state index < -0.39 is 11.9 Å². The Morgan fingerprint density at radius 3 is 2.56 bits per heavy atom. The largest absolute Gasteiger partial charge is 0.481 e. The lowest BCUT2D eigenvalue weighted by atomic mass is 10.1. The van der Waals surface area contributed by atoms with Crippen LogP contribution in [0.5, 0.6) is 0 Å². The number of fused-ring (bicyclic) bond motifs is 1. The van der Waals surface area contributed by atoms with Crippen LogP contribution in [0.3, 0.4) is 0 Å². The van der Waals surface area contributed by atoms with Crippen LogP contribution in [-0.2, 0) is 17.1 Å². The highest BCUT2D eigenvalue weighted by Crippen LogP contribution is 2.34. The number of aliphatic carboxylic acids is 1. The molecule has 0 aliphatic heterocycles. The molecule has 0 radical (unpaired) electrons. The van der Waals surface area contributed by atoms with Crippen molar-refractivity contribution in [3.05, 3.63) is 56.8 Å². The minimum atomic E-state index is -3.08. The highest BCUT2D eigenvalue weighted by molar-refractivity contribution is 6.35. The zero-order chi connectivity index (χ0) is 23.2. The van der Waals surface area contributed by atoms with Gasteiger partial charge in [0.2, 0.25) is 5.82 Å². The molecule has 0 spiro atoms. The molecule has 0 aliphatic rings. The van der Waals surface area contributed by atoms with E-state index in [4.69, 9.17) is 44.4 Å². The molecule has 0 fully saturated rings. The van der Waals surface area contributed by atoms with E-state index in [2.05, 4.69) is 15.1 Å². The van der Waals surface area contributed by atoms with Crippen molar-refractivity contribution >= 4 is 46.4 Å². The summed E-state index contributed by atoms with van der Waals surface area (Å²) in [4.78, 5) is 19.3. The number of hydrogen-bond donors (Lipinski definition) is 1. The average Bonchev–Trinajstić information content (AvgIpc) is 3.34. The van der Waals surface area contributed by atoms with Crippen molar-refractivity contribution in [2.45, 2.75) is 25.7 Å². The Balaban J connectivity index is 1.68. The Hall–Kier alpha value is -2.75. The fourth-order valence-electron chi connectivity index (χ4n) is 3.03. The molecule has 32 heavy (non-hydrogen) atoms. The molecule has 3 aromatic heterocycles. The number of imidazole rings is 1. The second kappa shape index (κ2) is 8.31. The Kier molecular flexibility index (Phi) is 5.83. The summed E-state index contributed by atoms with van der Waals surface area (Å²) in [5.74, 6) is -3.88. The molecule has 1 aromatic carbocycles. The van der Waals surface area contributed by atoms with Crippen LogP contribution in [0.1, 0.15) is 24.5 Å². The van der Waals surface area contributed by atoms with Gasteiger partial charge in [-0.05, 0) is 30.2 Å². The van der Waals surface area contributed by atoms with E-state index in [1.807, 2.05) is 0 Å². The SMILES string of the molecule is CC(F)(F)c1cc(Cl)c2nc(-c3nc(-c4cc(Cl)c(CCC(=O)O)cc4Cl)no3)cn2c1. The Morgan fingerprint density at radius 2 is 1.88 bits per heavy atom. The summed E-state index contributed by atoms with van der Waals surface area (Å²) in [5, 5.41) is 13.3. The minimum Gasteiger partial charge on any atom is -0.481 e. The monoisotopic (exact) mass is 500 g/mol. The molecular formula is C20H13Cl3F2N4O3. The third-order valence-corrected chi connectivity index (χ3v) is 5.59. The summed E-state index contributed by atoms with van der Waals surface area (Å²) in [6.45, 7) is 0.772. The number of rotatable bonds is 6. The number of hydrogen-bond acceptors (Lipinski definition) is 5. The first-order chi connectivity index (χ1) is 15.0. The van der Waals surface area contributed by atoms with Crippen LogP contribution >= 0.6 is 34.8 Å². The summed E-state index contributed by atoms with van der Waals surface area (Å²) in [5.41, 5.74) is 1.15. The fraction of sp³-hybridized carbons (Fsp3) is 0.200. The molecule has 0 atom stereocenters. The molecule has 0 aliphatic carbocycles. The van der Waals surface area contributed by atoms with Gasteiger partial charge in [-0.1, -0.05) is 40.0 Å². The van der Waals surface area contributed by atoms with Crippen LogP contribution in [0, 0.1) is 0 Å². The van der Waals surface area contributed by atoms with E-state index in [-0.39, 0.29) is 51.5 Å². The Morgan fingerprint density at radius 1 is 1.12 bits per heavy atom. The Labute approximate surface area is 194 Å². The van der Waals surface area contributed by atoms with Crippen molar-refractivity contribution in [2.24, 2.45) is 0 Å². The molecule has 0 amide bonds. The van der Waals surface area contributed by atoms with Crippen molar-refractivity contribution in [1.82, 2.24) is 19.5 Å². The maximum atomic E-state index is 13.7. The van der Waals surface area contributed by atoms with Gasteiger partial charge in [-0.2, -0.15) is 4.98 Å². The maximum Gasteiger partial charge on any atom is 0.303 e. The van der Waals surface area contributed by atoms with Crippen LogP contribution in [0.25, 0.3) is 28.6 Å². The van der Waals surface area contributed by atoms with Gasteiger partial charge in [-0.3, -0.25) is 4.79 Å². The van der Waals surface area contributed by atoms with Crippen molar-refractivity contribution in [1.29, 1.82) is 0 Å². The van der Waals surface area contributed by atoms with Gasteiger partial charge < -0.3 is 14.0 Å². The number of aryl methyl sites for hydroxylation is 1. The first-order valence-corrected chi connectivity index (χ1v) is 10.3. The standard InChI is InChI=1S/C20H13Cl3F2N4O3/c1-20(24,25)10-5-14(23)18-26-15(8-29(18)7-10)19-27-17(28-32-19)11-6-12(21)9(4-13(11)22)2-3-16(30)31/h4-8H,2-3H2,1H3,(H,30,31). The lowest BCUT2D eigenvalue weighted by molar-refractivity contribution is -0.136. The maximum absolute atomic E-state index is 13.7. The van der Waals surface area contributed by atoms with Gasteiger partial charge in [0.1, 0.15) is 5.69 Å². The third kappa shape index (κ3) is 4.41. The van der Waals surface area contributed by atoms with E-state index in [0.717, 1.165) is 13.0 Å². The number of nitrogens with zero attached hydrogens (tertiary/aromatic N) is 4. The molecule has 0 unspecified atom stereocenters. The van der Waals surface area contributed by atoms with Crippen LogP contribution < -0.4 is 0 Å². The van der Waals surface area contributed by atoms with Gasteiger partial charge in [0, 0.05) is 41.9 Å². The minimum absolute atomic E-state index is 0.0201. The molecule has 4 aromatic rings. The number of halogens is 5. The molecule has 0 saturated heterocycles. The molecule has 0 bridgehead atoms. The lowest BCUT2D eigenvalue weighted by Gasteiger charge is -2.11. The van der Waals surface area contributed by atoms with Gasteiger partial charge in [0.15, 0.2) is 5.65 Å². The summed E-state index contributed by atoms with van der Waals surface area (Å²) >= 11 is 18.7. The van der Waals surface area contributed by atoms with Gasteiger partial charge in [0.05, 0.1) is 10.0 Å². The summed E-state index contributed by atoms with van der Waals surface area (Å²) in [6, 6.07) is 4.22. The van der Waals surface area contributed by atoms with Gasteiger partial charge in [-0.15, -0.1) is 0 Å². The average molecular weight is 502 g/mol. The van der Waals surface area contributed by atoms with Crippen molar-refractivity contribution in [3.8, 4) is 23.0 Å². The van der Waals surface area contributed by atoms with Gasteiger partial charge in [0.25, 0.3) is 11.8 Å². The number of alkyl halides is 2. The zero-order valence-electron chi connectivity index (χ0n) is 16.2. The number of carboxylic acids is 1. The van der Waals surface area contributed by atoms with Crippen LogP contribution in [0.4, 0.5) is 8.78 Å².